The Bertz CT molecular complexity index is 1450. The number of rotatable bonds is 9. The molecule has 4 rings (SSSR count). The van der Waals surface area contributed by atoms with Crippen molar-refractivity contribution in [3.8, 4) is 17.0 Å². The number of sulfonamides is 1. The molecule has 3 aromatic rings. The highest BCUT2D eigenvalue weighted by Crippen LogP contribution is 2.39. The van der Waals surface area contributed by atoms with Crippen LogP contribution in [0.4, 0.5) is 10.2 Å². The highest BCUT2D eigenvalue weighted by atomic mass is 32.2. The largest absolute Gasteiger partial charge is 0.493 e. The fourth-order valence-corrected chi connectivity index (χ4v) is 5.51. The van der Waals surface area contributed by atoms with Gasteiger partial charge in [0.05, 0.1) is 22.8 Å². The van der Waals surface area contributed by atoms with E-state index >= 15 is 0 Å². The van der Waals surface area contributed by atoms with Crippen LogP contribution in [-0.2, 0) is 10.0 Å². The van der Waals surface area contributed by atoms with E-state index in [1.165, 1.54) is 30.3 Å². The van der Waals surface area contributed by atoms with Crippen LogP contribution in [0, 0.1) is 17.7 Å². The summed E-state index contributed by atoms with van der Waals surface area (Å²) in [6, 6.07) is 15.0. The van der Waals surface area contributed by atoms with Crippen molar-refractivity contribution in [3.05, 3.63) is 72.0 Å². The molecule has 1 aliphatic heterocycles. The molecule has 208 valence electrons. The number of nitrogens with one attached hydrogen (secondary N) is 1. The number of ether oxygens (including phenoxy) is 1. The molecule has 0 spiro atoms. The lowest BCUT2D eigenvalue weighted by Gasteiger charge is -2.36. The lowest BCUT2D eigenvalue weighted by molar-refractivity contribution is 0.0981. The maximum atomic E-state index is 14.6. The van der Waals surface area contributed by atoms with Crippen LogP contribution in [-0.4, -0.2) is 49.7 Å². The summed E-state index contributed by atoms with van der Waals surface area (Å²) in [5, 5.41) is 9.26. The highest BCUT2D eigenvalue weighted by Gasteiger charge is 2.41. The Balaban J connectivity index is 1.75. The molecule has 1 amide bonds. The van der Waals surface area contributed by atoms with E-state index in [0.717, 1.165) is 6.42 Å². The molecule has 2 N–H and O–H groups in total. The van der Waals surface area contributed by atoms with Crippen LogP contribution in [0.15, 0.2) is 65.6 Å². The average molecular weight is 556 g/mol. The number of hydrogen-bond donors (Lipinski definition) is 2. The molecule has 1 aromatic heterocycles. The number of aliphatic hydroxyl groups excluding tert-OH is 1. The van der Waals surface area contributed by atoms with E-state index in [1.54, 1.807) is 30.3 Å². The molecule has 10 heteroatoms. The fourth-order valence-electron chi connectivity index (χ4n) is 4.52. The van der Waals surface area contributed by atoms with Crippen molar-refractivity contribution in [2.24, 2.45) is 11.8 Å². The van der Waals surface area contributed by atoms with Gasteiger partial charge in [-0.25, -0.2) is 22.5 Å². The van der Waals surface area contributed by atoms with Gasteiger partial charge in [0.2, 0.25) is 0 Å². The number of pyridine rings is 1. The van der Waals surface area contributed by atoms with Crippen molar-refractivity contribution in [2.45, 2.75) is 44.6 Å². The monoisotopic (exact) mass is 555 g/mol. The van der Waals surface area contributed by atoms with Gasteiger partial charge >= 0.3 is 0 Å². The minimum absolute atomic E-state index is 0.0255. The van der Waals surface area contributed by atoms with Crippen LogP contribution in [0.2, 0.25) is 0 Å². The van der Waals surface area contributed by atoms with Crippen molar-refractivity contribution >= 4 is 21.7 Å². The standard InChI is InChI=1S/C29H34FN3O5S/c1-19(17-34)18-38-23-15-21(14-22(30)16-23)26-11-10-25(27(31-26)33-13-12-20(2)29(33,3)4)28(35)32-39(36,37)24-8-6-5-7-9-24/h5-11,14-16,19-20,34H,12-13,17-18H2,1-4H3,(H,32,35). The van der Waals surface area contributed by atoms with E-state index in [9.17, 15) is 22.7 Å². The van der Waals surface area contributed by atoms with Gasteiger partial charge in [-0.2, -0.15) is 0 Å². The Morgan fingerprint density at radius 1 is 1.21 bits per heavy atom. The molecule has 1 aliphatic rings. The number of carbonyl (C=O) groups is 1. The van der Waals surface area contributed by atoms with Crippen molar-refractivity contribution in [1.82, 2.24) is 9.71 Å². The first-order valence-electron chi connectivity index (χ1n) is 12.9. The first-order chi connectivity index (χ1) is 18.4. The topological polar surface area (TPSA) is 109 Å². The van der Waals surface area contributed by atoms with Gasteiger partial charge in [-0.3, -0.25) is 4.79 Å². The van der Waals surface area contributed by atoms with E-state index in [2.05, 4.69) is 25.5 Å². The van der Waals surface area contributed by atoms with Crippen molar-refractivity contribution < 1.29 is 27.4 Å². The maximum Gasteiger partial charge on any atom is 0.268 e. The van der Waals surface area contributed by atoms with Crippen LogP contribution in [0.5, 0.6) is 5.75 Å². The predicted molar refractivity (Wildman–Crippen MR) is 148 cm³/mol. The quantitative estimate of drug-likeness (QED) is 0.396. The summed E-state index contributed by atoms with van der Waals surface area (Å²) in [4.78, 5) is 20.1. The third-order valence-corrected chi connectivity index (χ3v) is 8.70. The van der Waals surface area contributed by atoms with Crippen LogP contribution in [0.1, 0.15) is 44.5 Å². The molecular formula is C29H34FN3O5S. The number of carbonyl (C=O) groups excluding carboxylic acids is 1. The molecule has 1 fully saturated rings. The Morgan fingerprint density at radius 2 is 1.92 bits per heavy atom. The van der Waals surface area contributed by atoms with E-state index in [1.807, 2.05) is 11.8 Å². The fraction of sp³-hybridized carbons (Fsp3) is 0.379. The molecule has 2 heterocycles. The summed E-state index contributed by atoms with van der Waals surface area (Å²) in [5.74, 6) is -0.541. The molecule has 2 aromatic carbocycles. The number of benzene rings is 2. The summed E-state index contributed by atoms with van der Waals surface area (Å²) in [5.41, 5.74) is 0.583. The summed E-state index contributed by atoms with van der Waals surface area (Å²) in [6.45, 7) is 8.82. The number of amides is 1. The maximum absolute atomic E-state index is 14.6. The molecule has 0 saturated carbocycles. The van der Waals surface area contributed by atoms with E-state index in [0.29, 0.717) is 29.4 Å². The zero-order chi connectivity index (χ0) is 28.4. The van der Waals surface area contributed by atoms with Crippen molar-refractivity contribution in [3.63, 3.8) is 0 Å². The number of halogens is 1. The second-order valence-corrected chi connectivity index (χ2v) is 12.3. The summed E-state index contributed by atoms with van der Waals surface area (Å²) in [6.07, 6.45) is 0.864. The molecule has 0 radical (unpaired) electrons. The minimum Gasteiger partial charge on any atom is -0.493 e. The zero-order valence-corrected chi connectivity index (χ0v) is 23.3. The Labute approximate surface area is 228 Å². The average Bonchev–Trinajstić information content (AvgIpc) is 3.18. The first kappa shape index (κ1) is 28.5. The Hall–Kier alpha value is -3.50. The summed E-state index contributed by atoms with van der Waals surface area (Å²) >= 11 is 0. The van der Waals surface area contributed by atoms with E-state index in [-0.39, 0.29) is 41.0 Å². The molecule has 2 unspecified atom stereocenters. The van der Waals surface area contributed by atoms with Crippen LogP contribution >= 0.6 is 0 Å². The number of aliphatic hydroxyl groups is 1. The molecular weight excluding hydrogens is 521 g/mol. The third kappa shape index (κ3) is 6.23. The molecule has 39 heavy (non-hydrogen) atoms. The Kier molecular flexibility index (Phi) is 8.27. The summed E-state index contributed by atoms with van der Waals surface area (Å²) < 4.78 is 48.2. The normalized spacial score (nSPS) is 17.6. The minimum atomic E-state index is -4.11. The third-order valence-electron chi connectivity index (χ3n) is 7.36. The molecule has 1 saturated heterocycles. The lowest BCUT2D eigenvalue weighted by Crippen LogP contribution is -2.43. The Morgan fingerprint density at radius 3 is 2.56 bits per heavy atom. The number of anilines is 1. The van der Waals surface area contributed by atoms with Crippen molar-refractivity contribution in [1.29, 1.82) is 0 Å². The molecule has 8 nitrogen and oxygen atoms in total. The SMILES string of the molecule is CC(CO)COc1cc(F)cc(-c2ccc(C(=O)NS(=O)(=O)c3ccccc3)c(N3CCC(C)C3(C)C)n2)c1. The number of aromatic nitrogens is 1. The van der Waals surface area contributed by atoms with Crippen LogP contribution < -0.4 is 14.4 Å². The van der Waals surface area contributed by atoms with Crippen LogP contribution in [0.3, 0.4) is 0 Å². The van der Waals surface area contributed by atoms with Gasteiger partial charge in [-0.1, -0.05) is 32.0 Å². The lowest BCUT2D eigenvalue weighted by atomic mass is 9.90. The van der Waals surface area contributed by atoms with Gasteiger partial charge in [0.25, 0.3) is 15.9 Å². The smallest absolute Gasteiger partial charge is 0.268 e. The summed E-state index contributed by atoms with van der Waals surface area (Å²) in [7, 11) is -4.11. The number of hydrogen-bond acceptors (Lipinski definition) is 7. The van der Waals surface area contributed by atoms with Gasteiger partial charge in [0.15, 0.2) is 0 Å². The van der Waals surface area contributed by atoms with Gasteiger partial charge in [-0.15, -0.1) is 0 Å². The van der Waals surface area contributed by atoms with Gasteiger partial charge in [-0.05, 0) is 62.6 Å². The van der Waals surface area contributed by atoms with Crippen molar-refractivity contribution in [2.75, 3.05) is 24.7 Å². The number of nitrogens with zero attached hydrogens (tertiary/aromatic N) is 2. The van der Waals surface area contributed by atoms with Gasteiger partial charge in [0, 0.05) is 36.2 Å². The molecule has 2 atom stereocenters. The van der Waals surface area contributed by atoms with Crippen LogP contribution in [0.25, 0.3) is 11.3 Å². The van der Waals surface area contributed by atoms with E-state index in [4.69, 9.17) is 9.72 Å². The van der Waals surface area contributed by atoms with E-state index < -0.39 is 21.7 Å². The first-order valence-corrected chi connectivity index (χ1v) is 14.4. The molecule has 0 aliphatic carbocycles. The second kappa shape index (κ2) is 11.3. The van der Waals surface area contributed by atoms with Gasteiger partial charge in [0.1, 0.15) is 17.4 Å². The predicted octanol–water partition coefficient (Wildman–Crippen LogP) is 4.64. The zero-order valence-electron chi connectivity index (χ0n) is 22.5. The van der Waals surface area contributed by atoms with Gasteiger partial charge < -0.3 is 14.7 Å². The molecule has 0 bridgehead atoms. The highest BCUT2D eigenvalue weighted by molar-refractivity contribution is 7.90. The second-order valence-electron chi connectivity index (χ2n) is 10.6.